The third-order valence-corrected chi connectivity index (χ3v) is 4.62. The second kappa shape index (κ2) is 6.59. The van der Waals surface area contributed by atoms with Gasteiger partial charge in [0.1, 0.15) is 10.8 Å². The smallest absolute Gasteiger partial charge is 0.146 e. The van der Waals surface area contributed by atoms with E-state index in [0.29, 0.717) is 19.6 Å². The van der Waals surface area contributed by atoms with Gasteiger partial charge in [-0.25, -0.2) is 4.98 Å². The van der Waals surface area contributed by atoms with Gasteiger partial charge in [-0.3, -0.25) is 4.79 Å². The number of carbonyl (C=O) groups excluding carboxylic acids is 1. The summed E-state index contributed by atoms with van der Waals surface area (Å²) < 4.78 is 5.45. The molecule has 1 aromatic rings. The number of nitrogens with zero attached hydrogens (tertiary/aromatic N) is 1. The van der Waals surface area contributed by atoms with E-state index in [4.69, 9.17) is 4.74 Å². The van der Waals surface area contributed by atoms with Gasteiger partial charge in [0.2, 0.25) is 0 Å². The molecular formula is C14H22N2O2S. The predicted octanol–water partition coefficient (Wildman–Crippen LogP) is 1.89. The highest BCUT2D eigenvalue weighted by Crippen LogP contribution is 2.21. The van der Waals surface area contributed by atoms with Crippen LogP contribution in [0.1, 0.15) is 28.9 Å². The summed E-state index contributed by atoms with van der Waals surface area (Å²) in [5.74, 6) is 0.232. The molecule has 1 aliphatic rings. The minimum Gasteiger partial charge on any atom is -0.379 e. The Balaban J connectivity index is 1.95. The highest BCUT2D eigenvalue weighted by Gasteiger charge is 2.33. The van der Waals surface area contributed by atoms with Gasteiger partial charge in [0.05, 0.1) is 31.2 Å². The molecule has 0 radical (unpaired) electrons. The molecular weight excluding hydrogens is 260 g/mol. The molecule has 2 rings (SSSR count). The lowest BCUT2D eigenvalue weighted by Gasteiger charge is -2.17. The Bertz CT molecular complexity index is 425. The molecule has 1 saturated heterocycles. The van der Waals surface area contributed by atoms with Crippen LogP contribution in [0, 0.1) is 19.8 Å². The molecule has 2 heterocycles. The maximum absolute atomic E-state index is 12.4. The zero-order valence-electron chi connectivity index (χ0n) is 11.9. The molecule has 1 aliphatic heterocycles. The summed E-state index contributed by atoms with van der Waals surface area (Å²) in [5, 5.41) is 4.33. The third-order valence-electron chi connectivity index (χ3n) is 3.55. The van der Waals surface area contributed by atoms with Crippen LogP contribution in [0.15, 0.2) is 0 Å². The number of ketones is 1. The van der Waals surface area contributed by atoms with Crippen molar-refractivity contribution in [2.24, 2.45) is 5.92 Å². The highest BCUT2D eigenvalue weighted by molar-refractivity contribution is 7.11. The monoisotopic (exact) mass is 282 g/mol. The molecule has 4 nitrogen and oxygen atoms in total. The maximum atomic E-state index is 12.4. The van der Waals surface area contributed by atoms with Crippen molar-refractivity contribution in [3.05, 3.63) is 15.6 Å². The number of Topliss-reactive ketones (excluding diaryl/α,β-unsaturated/α-hetero) is 1. The van der Waals surface area contributed by atoms with Crippen LogP contribution in [0.4, 0.5) is 0 Å². The molecule has 1 aromatic heterocycles. The zero-order chi connectivity index (χ0) is 13.8. The quantitative estimate of drug-likeness (QED) is 0.865. The first kappa shape index (κ1) is 14.6. The van der Waals surface area contributed by atoms with Crippen molar-refractivity contribution < 1.29 is 9.53 Å². The van der Waals surface area contributed by atoms with E-state index in [2.05, 4.69) is 17.2 Å². The van der Waals surface area contributed by atoms with Crippen LogP contribution in [0.25, 0.3) is 0 Å². The Hall–Kier alpha value is -0.780. The third kappa shape index (κ3) is 3.61. The van der Waals surface area contributed by atoms with Crippen LogP contribution in [-0.4, -0.2) is 36.6 Å². The van der Waals surface area contributed by atoms with E-state index in [9.17, 15) is 4.79 Å². The number of carbonyl (C=O) groups is 1. The number of aryl methyl sites for hydroxylation is 2. The fourth-order valence-corrected chi connectivity index (χ4v) is 3.24. The van der Waals surface area contributed by atoms with Gasteiger partial charge in [-0.1, -0.05) is 6.92 Å². The minimum absolute atomic E-state index is 0.0175. The largest absolute Gasteiger partial charge is 0.379 e. The Morgan fingerprint density at radius 1 is 1.47 bits per heavy atom. The lowest BCUT2D eigenvalue weighted by Crippen LogP contribution is -2.40. The molecule has 19 heavy (non-hydrogen) atoms. The van der Waals surface area contributed by atoms with E-state index in [1.807, 2.05) is 13.8 Å². The molecule has 2 unspecified atom stereocenters. The van der Waals surface area contributed by atoms with Crippen LogP contribution in [0.5, 0.6) is 0 Å². The molecule has 0 aromatic carbocycles. The number of rotatable bonds is 6. The number of thiazole rings is 1. The molecule has 0 aliphatic carbocycles. The van der Waals surface area contributed by atoms with Gasteiger partial charge in [0, 0.05) is 10.9 Å². The maximum Gasteiger partial charge on any atom is 0.146 e. The fraction of sp³-hybridized carbons (Fsp3) is 0.714. The summed E-state index contributed by atoms with van der Waals surface area (Å²) in [6.07, 6.45) is 1.51. The molecule has 0 spiro atoms. The standard InChI is InChI=1S/C14H22N2O2S/c1-4-5-15-12-8-18-7-11(12)13(17)6-14-16-9(2)10(3)19-14/h11-12,15H,4-8H2,1-3H3. The van der Waals surface area contributed by atoms with Crippen molar-refractivity contribution in [2.45, 2.75) is 39.7 Å². The van der Waals surface area contributed by atoms with E-state index in [-0.39, 0.29) is 17.7 Å². The Morgan fingerprint density at radius 2 is 2.26 bits per heavy atom. The van der Waals surface area contributed by atoms with Crippen LogP contribution in [-0.2, 0) is 16.0 Å². The predicted molar refractivity (Wildman–Crippen MR) is 76.7 cm³/mol. The summed E-state index contributed by atoms with van der Waals surface area (Å²) >= 11 is 1.63. The van der Waals surface area contributed by atoms with Crippen LogP contribution in [0.2, 0.25) is 0 Å². The second-order valence-corrected chi connectivity index (χ2v) is 6.38. The highest BCUT2D eigenvalue weighted by atomic mass is 32.1. The summed E-state index contributed by atoms with van der Waals surface area (Å²) in [4.78, 5) is 18.0. The number of nitrogens with one attached hydrogen (secondary N) is 1. The average Bonchev–Trinajstić information content (AvgIpc) is 2.94. The first-order valence-corrected chi connectivity index (χ1v) is 7.70. The van der Waals surface area contributed by atoms with E-state index in [1.54, 1.807) is 11.3 Å². The lowest BCUT2D eigenvalue weighted by molar-refractivity contribution is -0.122. The molecule has 5 heteroatoms. The zero-order valence-corrected chi connectivity index (χ0v) is 12.7. The van der Waals surface area contributed by atoms with Crippen LogP contribution in [0.3, 0.4) is 0 Å². The van der Waals surface area contributed by atoms with E-state index in [0.717, 1.165) is 23.7 Å². The van der Waals surface area contributed by atoms with Gasteiger partial charge in [-0.05, 0) is 26.8 Å². The Kier molecular flexibility index (Phi) is 5.07. The van der Waals surface area contributed by atoms with Gasteiger partial charge in [0.25, 0.3) is 0 Å². The Labute approximate surface area is 118 Å². The SMILES string of the molecule is CCCNC1COCC1C(=O)Cc1nc(C)c(C)s1. The fourth-order valence-electron chi connectivity index (χ4n) is 2.30. The minimum atomic E-state index is -0.0175. The van der Waals surface area contributed by atoms with Crippen molar-refractivity contribution in [1.29, 1.82) is 0 Å². The van der Waals surface area contributed by atoms with Crippen LogP contribution < -0.4 is 5.32 Å². The first-order chi connectivity index (χ1) is 9.11. The molecule has 0 saturated carbocycles. The molecule has 2 atom stereocenters. The van der Waals surface area contributed by atoms with Crippen molar-refractivity contribution in [2.75, 3.05) is 19.8 Å². The van der Waals surface area contributed by atoms with Crippen molar-refractivity contribution in [3.8, 4) is 0 Å². The summed E-state index contributed by atoms with van der Waals surface area (Å²) in [6.45, 7) is 8.29. The summed E-state index contributed by atoms with van der Waals surface area (Å²) in [7, 11) is 0. The van der Waals surface area contributed by atoms with Crippen LogP contribution >= 0.6 is 11.3 Å². The molecule has 106 valence electrons. The van der Waals surface area contributed by atoms with Crippen molar-refractivity contribution >= 4 is 17.1 Å². The van der Waals surface area contributed by atoms with Crippen molar-refractivity contribution in [3.63, 3.8) is 0 Å². The summed E-state index contributed by atoms with van der Waals surface area (Å²) in [6, 6.07) is 0.176. The second-order valence-electron chi connectivity index (χ2n) is 5.10. The van der Waals surface area contributed by atoms with Gasteiger partial charge in [-0.15, -0.1) is 11.3 Å². The number of hydrogen-bond donors (Lipinski definition) is 1. The van der Waals surface area contributed by atoms with E-state index < -0.39 is 0 Å². The normalized spacial score (nSPS) is 22.9. The average molecular weight is 282 g/mol. The summed E-state index contributed by atoms with van der Waals surface area (Å²) in [5.41, 5.74) is 1.04. The van der Waals surface area contributed by atoms with Crippen molar-refractivity contribution in [1.82, 2.24) is 10.3 Å². The number of ether oxygens (including phenoxy) is 1. The van der Waals surface area contributed by atoms with E-state index >= 15 is 0 Å². The molecule has 1 fully saturated rings. The van der Waals surface area contributed by atoms with Gasteiger partial charge < -0.3 is 10.1 Å². The van der Waals surface area contributed by atoms with E-state index in [1.165, 1.54) is 4.88 Å². The number of aromatic nitrogens is 1. The molecule has 0 amide bonds. The molecule has 1 N–H and O–H groups in total. The lowest BCUT2D eigenvalue weighted by atomic mass is 9.96. The molecule has 0 bridgehead atoms. The first-order valence-electron chi connectivity index (χ1n) is 6.88. The topological polar surface area (TPSA) is 51.2 Å². The van der Waals surface area contributed by atoms with Gasteiger partial charge >= 0.3 is 0 Å². The van der Waals surface area contributed by atoms with Gasteiger partial charge in [-0.2, -0.15) is 0 Å². The number of hydrogen-bond acceptors (Lipinski definition) is 5. The Morgan fingerprint density at radius 3 is 2.89 bits per heavy atom. The van der Waals surface area contributed by atoms with Gasteiger partial charge in [0.15, 0.2) is 0 Å².